The fourth-order valence-electron chi connectivity index (χ4n) is 1.48. The summed E-state index contributed by atoms with van der Waals surface area (Å²) in [7, 11) is 0. The molecule has 2 nitrogen and oxygen atoms in total. The Hall–Kier alpha value is -0.520. The van der Waals surface area contributed by atoms with Gasteiger partial charge in [0.15, 0.2) is 0 Å². The largest absolute Gasteiger partial charge is 0.387 e. The molecule has 1 aliphatic rings. The molecule has 0 heterocycles. The van der Waals surface area contributed by atoms with Gasteiger partial charge in [-0.05, 0) is 12.8 Å². The van der Waals surface area contributed by atoms with E-state index in [1.54, 1.807) is 0 Å². The molecular weight excluding hydrogens is 140 g/mol. The van der Waals surface area contributed by atoms with E-state index in [2.05, 4.69) is 5.92 Å². The second-order valence-corrected chi connectivity index (χ2v) is 3.13. The van der Waals surface area contributed by atoms with Crippen molar-refractivity contribution >= 4 is 0 Å². The summed E-state index contributed by atoms with van der Waals surface area (Å²) in [4.78, 5) is 0. The highest BCUT2D eigenvalue weighted by atomic mass is 16.5. The first-order valence-electron chi connectivity index (χ1n) is 4.00. The van der Waals surface area contributed by atoms with E-state index in [1.807, 2.05) is 0 Å². The lowest BCUT2D eigenvalue weighted by molar-refractivity contribution is -0.0331. The van der Waals surface area contributed by atoms with Crippen molar-refractivity contribution in [2.45, 2.75) is 31.3 Å². The van der Waals surface area contributed by atoms with E-state index in [0.29, 0.717) is 13.2 Å². The summed E-state index contributed by atoms with van der Waals surface area (Å²) >= 11 is 0. The van der Waals surface area contributed by atoms with E-state index < -0.39 is 5.60 Å². The van der Waals surface area contributed by atoms with Crippen LogP contribution in [0.3, 0.4) is 0 Å². The van der Waals surface area contributed by atoms with Gasteiger partial charge in [0, 0.05) is 0 Å². The van der Waals surface area contributed by atoms with Crippen LogP contribution >= 0.6 is 0 Å². The molecule has 1 N–H and O–H groups in total. The summed E-state index contributed by atoms with van der Waals surface area (Å²) in [5, 5.41) is 9.72. The third kappa shape index (κ3) is 2.53. The number of ether oxygens (including phenoxy) is 1. The molecule has 1 saturated carbocycles. The molecular formula is C9H14O2. The summed E-state index contributed by atoms with van der Waals surface area (Å²) in [6.07, 6.45) is 8.93. The highest BCUT2D eigenvalue weighted by Crippen LogP contribution is 2.29. The van der Waals surface area contributed by atoms with Crippen molar-refractivity contribution in [1.82, 2.24) is 0 Å². The van der Waals surface area contributed by atoms with Gasteiger partial charge in [-0.15, -0.1) is 6.42 Å². The molecule has 1 aliphatic carbocycles. The van der Waals surface area contributed by atoms with Gasteiger partial charge < -0.3 is 9.84 Å². The molecule has 0 radical (unpaired) electrons. The van der Waals surface area contributed by atoms with Gasteiger partial charge in [0.05, 0.1) is 12.2 Å². The van der Waals surface area contributed by atoms with Crippen LogP contribution in [0.25, 0.3) is 0 Å². The standard InChI is InChI=1S/C9H14O2/c1-2-7-11-8-9(10)5-3-4-6-9/h1,10H,3-8H2. The number of hydrogen-bond acceptors (Lipinski definition) is 2. The van der Waals surface area contributed by atoms with Gasteiger partial charge >= 0.3 is 0 Å². The van der Waals surface area contributed by atoms with Gasteiger partial charge in [0.1, 0.15) is 6.61 Å². The molecule has 11 heavy (non-hydrogen) atoms. The summed E-state index contributed by atoms with van der Waals surface area (Å²) in [6, 6.07) is 0. The van der Waals surface area contributed by atoms with Gasteiger partial charge in [-0.2, -0.15) is 0 Å². The highest BCUT2D eigenvalue weighted by Gasteiger charge is 2.30. The minimum atomic E-state index is -0.573. The maximum Gasteiger partial charge on any atom is 0.107 e. The number of hydrogen-bond donors (Lipinski definition) is 1. The lowest BCUT2D eigenvalue weighted by Crippen LogP contribution is -2.30. The van der Waals surface area contributed by atoms with Crippen LogP contribution in [0.4, 0.5) is 0 Å². The predicted octanol–water partition coefficient (Wildman–Crippen LogP) is 0.941. The SMILES string of the molecule is C#CCOCC1(O)CCCC1. The molecule has 0 atom stereocenters. The molecule has 0 unspecified atom stereocenters. The third-order valence-electron chi connectivity index (χ3n) is 2.09. The van der Waals surface area contributed by atoms with Gasteiger partial charge in [0.25, 0.3) is 0 Å². The molecule has 0 aromatic carbocycles. The quantitative estimate of drug-likeness (QED) is 0.484. The van der Waals surface area contributed by atoms with Crippen molar-refractivity contribution < 1.29 is 9.84 Å². The molecule has 1 rings (SSSR count). The van der Waals surface area contributed by atoms with Crippen LogP contribution in [0.15, 0.2) is 0 Å². The molecule has 0 aromatic heterocycles. The Balaban J connectivity index is 2.19. The van der Waals surface area contributed by atoms with Gasteiger partial charge in [0.2, 0.25) is 0 Å². The molecule has 0 aliphatic heterocycles. The minimum Gasteiger partial charge on any atom is -0.387 e. The smallest absolute Gasteiger partial charge is 0.107 e. The molecule has 0 amide bonds. The van der Waals surface area contributed by atoms with E-state index in [-0.39, 0.29) is 0 Å². The van der Waals surface area contributed by atoms with Crippen molar-refractivity contribution in [2.24, 2.45) is 0 Å². The Labute approximate surface area is 67.6 Å². The van der Waals surface area contributed by atoms with Gasteiger partial charge in [-0.1, -0.05) is 18.8 Å². The Morgan fingerprint density at radius 2 is 2.09 bits per heavy atom. The molecule has 0 spiro atoms. The van der Waals surface area contributed by atoms with E-state index >= 15 is 0 Å². The molecule has 1 fully saturated rings. The maximum atomic E-state index is 9.72. The Kier molecular flexibility index (Phi) is 2.92. The fourth-order valence-corrected chi connectivity index (χ4v) is 1.48. The molecule has 2 heteroatoms. The summed E-state index contributed by atoms with van der Waals surface area (Å²) < 4.78 is 5.08. The van der Waals surface area contributed by atoms with E-state index in [1.165, 1.54) is 0 Å². The van der Waals surface area contributed by atoms with Crippen LogP contribution in [0, 0.1) is 12.3 Å². The number of terminal acetylenes is 1. The number of aliphatic hydroxyl groups is 1. The molecule has 0 saturated heterocycles. The van der Waals surface area contributed by atoms with Crippen LogP contribution in [0.5, 0.6) is 0 Å². The van der Waals surface area contributed by atoms with Crippen LogP contribution in [-0.2, 0) is 4.74 Å². The second-order valence-electron chi connectivity index (χ2n) is 3.13. The molecule has 62 valence electrons. The molecule has 0 aromatic rings. The maximum absolute atomic E-state index is 9.72. The highest BCUT2D eigenvalue weighted by molar-refractivity contribution is 4.87. The van der Waals surface area contributed by atoms with Crippen LogP contribution in [0.1, 0.15) is 25.7 Å². The summed E-state index contributed by atoms with van der Waals surface area (Å²) in [5.74, 6) is 2.38. The van der Waals surface area contributed by atoms with Gasteiger partial charge in [-0.25, -0.2) is 0 Å². The molecule has 0 bridgehead atoms. The Morgan fingerprint density at radius 3 is 2.64 bits per heavy atom. The topological polar surface area (TPSA) is 29.5 Å². The van der Waals surface area contributed by atoms with Crippen molar-refractivity contribution in [3.63, 3.8) is 0 Å². The third-order valence-corrected chi connectivity index (χ3v) is 2.09. The lowest BCUT2D eigenvalue weighted by atomic mass is 10.0. The van der Waals surface area contributed by atoms with E-state index in [0.717, 1.165) is 25.7 Å². The Bertz CT molecular complexity index is 151. The van der Waals surface area contributed by atoms with Crippen molar-refractivity contribution in [3.8, 4) is 12.3 Å². The summed E-state index contributed by atoms with van der Waals surface area (Å²) in [5.41, 5.74) is -0.573. The Morgan fingerprint density at radius 1 is 1.45 bits per heavy atom. The van der Waals surface area contributed by atoms with Crippen molar-refractivity contribution in [1.29, 1.82) is 0 Å². The zero-order chi connectivity index (χ0) is 8.16. The predicted molar refractivity (Wildman–Crippen MR) is 43.1 cm³/mol. The van der Waals surface area contributed by atoms with Crippen molar-refractivity contribution in [3.05, 3.63) is 0 Å². The monoisotopic (exact) mass is 154 g/mol. The van der Waals surface area contributed by atoms with Crippen molar-refractivity contribution in [2.75, 3.05) is 13.2 Å². The first-order chi connectivity index (χ1) is 5.27. The lowest BCUT2D eigenvalue weighted by Gasteiger charge is -2.20. The fraction of sp³-hybridized carbons (Fsp3) is 0.778. The van der Waals surface area contributed by atoms with E-state index in [4.69, 9.17) is 11.2 Å². The average Bonchev–Trinajstić information content (AvgIpc) is 2.38. The average molecular weight is 154 g/mol. The minimum absolute atomic E-state index is 0.308. The van der Waals surface area contributed by atoms with Gasteiger partial charge in [-0.3, -0.25) is 0 Å². The number of rotatable bonds is 3. The van der Waals surface area contributed by atoms with E-state index in [9.17, 15) is 5.11 Å². The zero-order valence-electron chi connectivity index (χ0n) is 6.68. The van der Waals surface area contributed by atoms with Crippen LogP contribution < -0.4 is 0 Å². The van der Waals surface area contributed by atoms with Crippen LogP contribution in [0.2, 0.25) is 0 Å². The summed E-state index contributed by atoms with van der Waals surface area (Å²) in [6.45, 7) is 0.708. The normalized spacial score (nSPS) is 21.5. The first kappa shape index (κ1) is 8.58. The zero-order valence-corrected chi connectivity index (χ0v) is 6.68. The second kappa shape index (κ2) is 3.75. The van der Waals surface area contributed by atoms with Crippen LogP contribution in [-0.4, -0.2) is 23.9 Å². The first-order valence-corrected chi connectivity index (χ1v) is 4.00.